The number of amidine groups is 1. The number of ether oxygens (including phenoxy) is 3. The number of hydrogen-bond acceptors (Lipinski definition) is 11. The molecule has 0 saturated carbocycles. The Morgan fingerprint density at radius 2 is 1.78 bits per heavy atom. The molecule has 3 amide bonds. The second kappa shape index (κ2) is 14.2. The minimum absolute atomic E-state index is 0.0199. The van der Waals surface area contributed by atoms with E-state index < -0.39 is 42.3 Å². The Morgan fingerprint density at radius 3 is 2.39 bits per heavy atom. The highest BCUT2D eigenvalue weighted by molar-refractivity contribution is 8.03. The van der Waals surface area contributed by atoms with E-state index in [1.807, 2.05) is 6.92 Å². The summed E-state index contributed by atoms with van der Waals surface area (Å²) in [4.78, 5) is 54.4. The van der Waals surface area contributed by atoms with Crippen molar-refractivity contribution in [2.24, 2.45) is 17.0 Å². The highest BCUT2D eigenvalue weighted by atomic mass is 32.2. The van der Waals surface area contributed by atoms with Crippen LogP contribution in [0.2, 0.25) is 0 Å². The van der Waals surface area contributed by atoms with Gasteiger partial charge in [0.2, 0.25) is 5.91 Å². The van der Waals surface area contributed by atoms with E-state index in [0.717, 1.165) is 0 Å². The van der Waals surface area contributed by atoms with Crippen LogP contribution in [0, 0.1) is 11.8 Å². The first-order valence-electron chi connectivity index (χ1n) is 13.1. The van der Waals surface area contributed by atoms with Crippen molar-refractivity contribution in [3.05, 3.63) is 48.6 Å². The maximum Gasteiger partial charge on any atom is 0.412 e. The Balaban J connectivity index is 1.85. The zero-order chi connectivity index (χ0) is 30.3. The van der Waals surface area contributed by atoms with E-state index in [4.69, 9.17) is 14.2 Å². The molecule has 2 saturated heterocycles. The number of amides is 3. The number of nitrogens with one attached hydrogen (secondary N) is 1. The SMILES string of the molecule is C=CCOC(=O)N/C(C[C@@H]1C[C@H](SC2=C(C(=O)OCC=C)N3C(=O)[C@@H]([C@@H](C)O)[C@H]3[C@H]2C)CN1C(=O)OCC=C)=N\O. The Bertz CT molecular complexity index is 1140. The smallest absolute Gasteiger partial charge is 0.412 e. The molecule has 224 valence electrons. The van der Waals surface area contributed by atoms with Gasteiger partial charge in [-0.1, -0.05) is 50.0 Å². The van der Waals surface area contributed by atoms with Gasteiger partial charge in [-0.15, -0.1) is 11.8 Å². The number of fused-ring (bicyclic) bond motifs is 1. The van der Waals surface area contributed by atoms with Gasteiger partial charge in [0, 0.05) is 35.1 Å². The monoisotopic (exact) mass is 592 g/mol. The third kappa shape index (κ3) is 6.93. The summed E-state index contributed by atoms with van der Waals surface area (Å²) >= 11 is 1.35. The maximum absolute atomic E-state index is 13.1. The molecule has 0 aromatic rings. The molecular formula is C27H36N4O9S. The van der Waals surface area contributed by atoms with E-state index in [2.05, 4.69) is 30.2 Å². The van der Waals surface area contributed by atoms with Crippen LogP contribution in [0.5, 0.6) is 0 Å². The van der Waals surface area contributed by atoms with Crippen LogP contribution in [0.3, 0.4) is 0 Å². The molecule has 0 radical (unpaired) electrons. The number of esters is 1. The highest BCUT2D eigenvalue weighted by Crippen LogP contribution is 2.52. The Labute approximate surface area is 242 Å². The summed E-state index contributed by atoms with van der Waals surface area (Å²) in [6.07, 6.45) is 2.21. The Morgan fingerprint density at radius 1 is 1.15 bits per heavy atom. The molecule has 0 aliphatic carbocycles. The fraction of sp³-hybridized carbons (Fsp3) is 0.519. The number of oxime groups is 1. The minimum Gasteiger partial charge on any atom is -0.457 e. The number of nitrogens with zero attached hydrogens (tertiary/aromatic N) is 3. The van der Waals surface area contributed by atoms with Crippen LogP contribution in [0.15, 0.2) is 53.7 Å². The summed E-state index contributed by atoms with van der Waals surface area (Å²) in [5.41, 5.74) is 0.129. The number of β-lactam (4-membered cyclic amide) rings is 1. The number of aliphatic hydroxyl groups excluding tert-OH is 1. The second-order valence-electron chi connectivity index (χ2n) is 9.76. The van der Waals surface area contributed by atoms with Crippen molar-refractivity contribution >= 4 is 41.7 Å². The van der Waals surface area contributed by atoms with Gasteiger partial charge in [0.05, 0.1) is 18.1 Å². The molecule has 0 unspecified atom stereocenters. The molecule has 0 bridgehead atoms. The van der Waals surface area contributed by atoms with Crippen molar-refractivity contribution < 1.29 is 43.7 Å². The topological polar surface area (TPSA) is 167 Å². The normalized spacial score (nSPS) is 26.1. The van der Waals surface area contributed by atoms with E-state index in [9.17, 15) is 29.5 Å². The number of rotatable bonds is 12. The largest absolute Gasteiger partial charge is 0.457 e. The van der Waals surface area contributed by atoms with Gasteiger partial charge in [0.15, 0.2) is 5.84 Å². The van der Waals surface area contributed by atoms with E-state index in [-0.39, 0.29) is 61.4 Å². The molecule has 13 nitrogen and oxygen atoms in total. The molecule has 3 heterocycles. The number of likely N-dealkylation sites (tertiary alicyclic amines) is 1. The fourth-order valence-electron chi connectivity index (χ4n) is 5.27. The first kappa shape index (κ1) is 31.7. The van der Waals surface area contributed by atoms with Gasteiger partial charge in [-0.05, 0) is 13.3 Å². The second-order valence-corrected chi connectivity index (χ2v) is 11.1. The zero-order valence-electron chi connectivity index (χ0n) is 23.1. The predicted molar refractivity (Wildman–Crippen MR) is 150 cm³/mol. The van der Waals surface area contributed by atoms with Crippen molar-refractivity contribution in [2.75, 3.05) is 26.4 Å². The van der Waals surface area contributed by atoms with Gasteiger partial charge in [-0.25, -0.2) is 14.4 Å². The third-order valence-corrected chi connectivity index (χ3v) is 8.49. The molecule has 6 atom stereocenters. The zero-order valence-corrected chi connectivity index (χ0v) is 23.9. The van der Waals surface area contributed by atoms with Crippen LogP contribution in [-0.2, 0) is 23.8 Å². The van der Waals surface area contributed by atoms with Crippen LogP contribution in [0.4, 0.5) is 9.59 Å². The first-order valence-corrected chi connectivity index (χ1v) is 14.0. The summed E-state index contributed by atoms with van der Waals surface area (Å²) in [5, 5.41) is 25.0. The van der Waals surface area contributed by atoms with E-state index in [0.29, 0.717) is 11.3 Å². The number of thioether (sulfide) groups is 1. The molecule has 0 spiro atoms. The maximum atomic E-state index is 13.1. The number of hydrogen-bond donors (Lipinski definition) is 3. The number of aliphatic hydroxyl groups is 1. The number of carbonyl (C=O) groups excluding carboxylic acids is 4. The van der Waals surface area contributed by atoms with Gasteiger partial charge in [0.1, 0.15) is 25.5 Å². The average Bonchev–Trinajstić information content (AvgIpc) is 3.44. The fourth-order valence-corrected chi connectivity index (χ4v) is 6.83. The molecule has 14 heteroatoms. The van der Waals surface area contributed by atoms with Crippen LogP contribution in [-0.4, -0.2) is 99.8 Å². The van der Waals surface area contributed by atoms with E-state index >= 15 is 0 Å². The van der Waals surface area contributed by atoms with Crippen LogP contribution >= 0.6 is 11.8 Å². The van der Waals surface area contributed by atoms with Crippen molar-refractivity contribution in [2.45, 2.75) is 50.1 Å². The lowest BCUT2D eigenvalue weighted by Gasteiger charge is -2.46. The molecule has 2 fully saturated rings. The molecule has 0 aromatic carbocycles. The van der Waals surface area contributed by atoms with Gasteiger partial charge in [-0.2, -0.15) is 0 Å². The van der Waals surface area contributed by atoms with Gasteiger partial charge in [0.25, 0.3) is 0 Å². The molecule has 3 rings (SSSR count). The summed E-state index contributed by atoms with van der Waals surface area (Å²) in [6.45, 7) is 14.1. The van der Waals surface area contributed by atoms with Crippen LogP contribution in [0.1, 0.15) is 26.7 Å². The molecular weight excluding hydrogens is 556 g/mol. The molecule has 3 aliphatic rings. The molecule has 3 N–H and O–H groups in total. The van der Waals surface area contributed by atoms with Crippen LogP contribution in [0.25, 0.3) is 0 Å². The molecule has 0 aromatic heterocycles. The summed E-state index contributed by atoms with van der Waals surface area (Å²) < 4.78 is 15.4. The minimum atomic E-state index is -0.895. The average molecular weight is 593 g/mol. The quantitative estimate of drug-likeness (QED) is 0.0447. The van der Waals surface area contributed by atoms with Crippen molar-refractivity contribution in [1.29, 1.82) is 0 Å². The number of carbonyl (C=O) groups is 4. The lowest BCUT2D eigenvalue weighted by atomic mass is 9.79. The predicted octanol–water partition coefficient (Wildman–Crippen LogP) is 2.37. The Hall–Kier alpha value is -3.78. The van der Waals surface area contributed by atoms with Gasteiger partial charge >= 0.3 is 18.2 Å². The third-order valence-electron chi connectivity index (χ3n) is 6.99. The van der Waals surface area contributed by atoms with E-state index in [1.54, 1.807) is 6.92 Å². The molecule has 41 heavy (non-hydrogen) atoms. The summed E-state index contributed by atoms with van der Waals surface area (Å²) in [5.74, 6) is -2.07. The van der Waals surface area contributed by atoms with Crippen molar-refractivity contribution in [1.82, 2.24) is 15.1 Å². The summed E-state index contributed by atoms with van der Waals surface area (Å²) in [6, 6.07) is -0.950. The number of alkyl carbamates (subject to hydrolysis) is 1. The van der Waals surface area contributed by atoms with Crippen molar-refractivity contribution in [3.8, 4) is 0 Å². The highest BCUT2D eigenvalue weighted by Gasteiger charge is 2.60. The van der Waals surface area contributed by atoms with Gasteiger partial charge in [-0.3, -0.25) is 10.1 Å². The lowest BCUT2D eigenvalue weighted by molar-refractivity contribution is -0.164. The van der Waals surface area contributed by atoms with Crippen LogP contribution < -0.4 is 5.32 Å². The lowest BCUT2D eigenvalue weighted by Crippen LogP contribution is -2.63. The summed E-state index contributed by atoms with van der Waals surface area (Å²) in [7, 11) is 0. The first-order chi connectivity index (χ1) is 19.6. The van der Waals surface area contributed by atoms with E-state index in [1.165, 1.54) is 39.8 Å². The van der Waals surface area contributed by atoms with Gasteiger partial charge < -0.3 is 34.3 Å². The molecule has 3 aliphatic heterocycles. The standard InChI is InChI=1S/C27H36N4O9S/c1-6-9-38-25(34)22-23(15(4)21-20(16(5)32)24(33)31(21)22)41-18-12-17(30(14-18)27(36)40-11-8-3)13-19(29-37)28-26(35)39-10-7-2/h6-8,15-18,20-21,32,37H,1-3,9-14H2,4-5H3,(H,28,29,35)/t15-,16-,17+,18+,20+,21-/m1/s1. The van der Waals surface area contributed by atoms with Crippen molar-refractivity contribution in [3.63, 3.8) is 0 Å². The Kier molecular flexibility index (Phi) is 11.0.